The quantitative estimate of drug-likeness (QED) is 0.821. The highest BCUT2D eigenvalue weighted by Gasteiger charge is 2.02. The van der Waals surface area contributed by atoms with E-state index in [4.69, 9.17) is 16.3 Å². The van der Waals surface area contributed by atoms with Crippen LogP contribution in [0.15, 0.2) is 35.9 Å². The van der Waals surface area contributed by atoms with Crippen LogP contribution in [0.1, 0.15) is 25.5 Å². The molecule has 2 nitrogen and oxygen atoms in total. The Labute approximate surface area is 102 Å². The fraction of sp³-hybridized carbons (Fsp3) is 0.385. The summed E-state index contributed by atoms with van der Waals surface area (Å²) < 4.78 is 5.45. The molecule has 0 amide bonds. The molecule has 1 aromatic carbocycles. The van der Waals surface area contributed by atoms with Gasteiger partial charge in [-0.1, -0.05) is 30.7 Å². The normalized spacial score (nSPS) is 12.9. The second-order valence-electron chi connectivity index (χ2n) is 3.52. The third kappa shape index (κ3) is 4.25. The van der Waals surface area contributed by atoms with Crippen LogP contribution < -0.4 is 10.1 Å². The third-order valence-corrected chi connectivity index (χ3v) is 2.50. The molecule has 3 heteroatoms. The zero-order chi connectivity index (χ0) is 11.8. The molecule has 1 atom stereocenters. The highest BCUT2D eigenvalue weighted by atomic mass is 35.5. The van der Waals surface area contributed by atoms with Gasteiger partial charge in [0.2, 0.25) is 0 Å². The van der Waals surface area contributed by atoms with Gasteiger partial charge in [0.05, 0.1) is 0 Å². The van der Waals surface area contributed by atoms with Gasteiger partial charge in [0.25, 0.3) is 0 Å². The lowest BCUT2D eigenvalue weighted by Crippen LogP contribution is -2.17. The van der Waals surface area contributed by atoms with Gasteiger partial charge < -0.3 is 10.1 Å². The van der Waals surface area contributed by atoms with Crippen molar-refractivity contribution in [1.29, 1.82) is 0 Å². The van der Waals surface area contributed by atoms with Gasteiger partial charge in [0.15, 0.2) is 0 Å². The van der Waals surface area contributed by atoms with Crippen LogP contribution in [0.3, 0.4) is 0 Å². The Morgan fingerprint density at radius 2 is 2.06 bits per heavy atom. The Morgan fingerprint density at radius 1 is 1.38 bits per heavy atom. The Morgan fingerprint density at radius 3 is 2.62 bits per heavy atom. The van der Waals surface area contributed by atoms with Gasteiger partial charge in [-0.25, -0.2) is 0 Å². The molecule has 1 N–H and O–H groups in total. The first-order valence-electron chi connectivity index (χ1n) is 5.49. The van der Waals surface area contributed by atoms with E-state index in [1.165, 1.54) is 11.1 Å². The van der Waals surface area contributed by atoms with E-state index in [-0.39, 0.29) is 0 Å². The van der Waals surface area contributed by atoms with Gasteiger partial charge >= 0.3 is 0 Å². The van der Waals surface area contributed by atoms with Crippen molar-refractivity contribution in [2.75, 3.05) is 13.2 Å². The van der Waals surface area contributed by atoms with E-state index < -0.39 is 0 Å². The van der Waals surface area contributed by atoms with Gasteiger partial charge in [0.1, 0.15) is 12.4 Å². The topological polar surface area (TPSA) is 21.3 Å². The van der Waals surface area contributed by atoms with Gasteiger partial charge in [0, 0.05) is 11.6 Å². The van der Waals surface area contributed by atoms with Crippen molar-refractivity contribution in [2.45, 2.75) is 19.9 Å². The highest BCUT2D eigenvalue weighted by Crippen LogP contribution is 2.17. The van der Waals surface area contributed by atoms with Crippen LogP contribution in [0.4, 0.5) is 0 Å². The van der Waals surface area contributed by atoms with E-state index in [0.717, 1.165) is 12.3 Å². The molecule has 88 valence electrons. The highest BCUT2D eigenvalue weighted by molar-refractivity contribution is 6.25. The third-order valence-electron chi connectivity index (χ3n) is 2.33. The summed E-state index contributed by atoms with van der Waals surface area (Å²) >= 11 is 5.40. The first-order valence-corrected chi connectivity index (χ1v) is 5.93. The molecule has 0 aliphatic heterocycles. The predicted octanol–water partition coefficient (Wildman–Crippen LogP) is 3.49. The van der Waals surface area contributed by atoms with Crippen LogP contribution in [0.25, 0.3) is 0 Å². The molecule has 0 saturated carbocycles. The first kappa shape index (κ1) is 13.1. The van der Waals surface area contributed by atoms with Crippen molar-refractivity contribution in [2.24, 2.45) is 0 Å². The summed E-state index contributed by atoms with van der Waals surface area (Å²) in [6, 6.07) is 8.48. The van der Waals surface area contributed by atoms with Crippen molar-refractivity contribution in [3.8, 4) is 5.75 Å². The summed E-state index contributed by atoms with van der Waals surface area (Å²) in [5, 5.41) is 3.36. The van der Waals surface area contributed by atoms with E-state index in [9.17, 15) is 0 Å². The van der Waals surface area contributed by atoms with E-state index in [1.54, 1.807) is 6.08 Å². The van der Waals surface area contributed by atoms with Crippen molar-refractivity contribution in [1.82, 2.24) is 5.32 Å². The molecule has 16 heavy (non-hydrogen) atoms. The lowest BCUT2D eigenvalue weighted by molar-refractivity contribution is 0.363. The van der Waals surface area contributed by atoms with Gasteiger partial charge in [-0.3, -0.25) is 0 Å². The van der Waals surface area contributed by atoms with Crippen molar-refractivity contribution >= 4 is 11.6 Å². The van der Waals surface area contributed by atoms with Gasteiger partial charge in [-0.2, -0.15) is 0 Å². The molecule has 1 rings (SSSR count). The van der Waals surface area contributed by atoms with Crippen molar-refractivity contribution in [3.63, 3.8) is 0 Å². The zero-order valence-electron chi connectivity index (χ0n) is 9.74. The molecule has 0 saturated heterocycles. The van der Waals surface area contributed by atoms with Crippen LogP contribution in [0.2, 0.25) is 0 Å². The molecule has 0 radical (unpaired) electrons. The minimum Gasteiger partial charge on any atom is -0.490 e. The summed E-state index contributed by atoms with van der Waals surface area (Å²) in [5.74, 6) is 0.863. The molecule has 0 spiro atoms. The Kier molecular flexibility index (Phi) is 5.98. The van der Waals surface area contributed by atoms with E-state index in [0.29, 0.717) is 12.6 Å². The first-order chi connectivity index (χ1) is 7.77. The summed E-state index contributed by atoms with van der Waals surface area (Å²) in [6.07, 6.45) is 1.76. The summed E-state index contributed by atoms with van der Waals surface area (Å²) in [7, 11) is 0. The fourth-order valence-electron chi connectivity index (χ4n) is 1.46. The van der Waals surface area contributed by atoms with E-state index in [1.807, 2.05) is 12.1 Å². The van der Waals surface area contributed by atoms with Crippen LogP contribution in [0.5, 0.6) is 5.75 Å². The zero-order valence-corrected chi connectivity index (χ0v) is 10.5. The predicted molar refractivity (Wildman–Crippen MR) is 69.0 cm³/mol. The Hall–Kier alpha value is -0.990. The van der Waals surface area contributed by atoms with Gasteiger partial charge in [-0.15, -0.1) is 0 Å². The molecule has 0 aliphatic rings. The molecule has 0 aliphatic carbocycles. The number of rotatable bonds is 6. The second-order valence-corrected chi connectivity index (χ2v) is 3.77. The average molecular weight is 240 g/mol. The molecular formula is C13H18ClNO. The average Bonchev–Trinajstić information content (AvgIpc) is 2.30. The Bertz CT molecular complexity index is 321. The maximum Gasteiger partial charge on any atom is 0.119 e. The number of halogens is 1. The monoisotopic (exact) mass is 239 g/mol. The number of ether oxygens (including phenoxy) is 1. The molecule has 0 bridgehead atoms. The maximum atomic E-state index is 5.45. The van der Waals surface area contributed by atoms with Crippen LogP contribution in [0, 0.1) is 0 Å². The largest absolute Gasteiger partial charge is 0.490 e. The van der Waals surface area contributed by atoms with Crippen LogP contribution in [-0.2, 0) is 0 Å². The number of nitrogens with one attached hydrogen (secondary N) is 1. The number of hydrogen-bond acceptors (Lipinski definition) is 2. The second kappa shape index (κ2) is 7.31. The fourth-order valence-corrected chi connectivity index (χ4v) is 1.53. The molecular weight excluding hydrogens is 222 g/mol. The molecule has 0 aromatic heterocycles. The molecule has 1 aromatic rings. The maximum absolute atomic E-state index is 5.45. The van der Waals surface area contributed by atoms with E-state index in [2.05, 4.69) is 31.3 Å². The standard InChI is InChI=1S/C13H18ClNO/c1-3-15-11(2)12-5-7-13(8-6-12)16-10-4-9-14/h4-9,11,15H,3,10H2,1-2H3/b9-4+. The Balaban J connectivity index is 2.53. The summed E-state index contributed by atoms with van der Waals surface area (Å²) in [4.78, 5) is 0. The van der Waals surface area contributed by atoms with E-state index >= 15 is 0 Å². The molecule has 0 fully saturated rings. The van der Waals surface area contributed by atoms with Gasteiger partial charge in [-0.05, 0) is 37.2 Å². The molecule has 1 unspecified atom stereocenters. The minimum absolute atomic E-state index is 0.377. The van der Waals surface area contributed by atoms with Crippen molar-refractivity contribution in [3.05, 3.63) is 41.4 Å². The van der Waals surface area contributed by atoms with Crippen LogP contribution >= 0.6 is 11.6 Å². The van der Waals surface area contributed by atoms with Crippen molar-refractivity contribution < 1.29 is 4.74 Å². The lowest BCUT2D eigenvalue weighted by Gasteiger charge is -2.13. The lowest BCUT2D eigenvalue weighted by atomic mass is 10.1. The minimum atomic E-state index is 0.377. The SMILES string of the molecule is CCNC(C)c1ccc(OC/C=C/Cl)cc1. The molecule has 0 heterocycles. The summed E-state index contributed by atoms with van der Waals surface area (Å²) in [5.41, 5.74) is 2.73. The number of hydrogen-bond donors (Lipinski definition) is 1. The summed E-state index contributed by atoms with van der Waals surface area (Å²) in [6.45, 7) is 5.73. The number of benzene rings is 1. The van der Waals surface area contributed by atoms with Crippen LogP contribution in [-0.4, -0.2) is 13.2 Å². The smallest absolute Gasteiger partial charge is 0.119 e.